The van der Waals surface area contributed by atoms with Gasteiger partial charge in [0.25, 0.3) is 0 Å². The van der Waals surface area contributed by atoms with Crippen LogP contribution in [0, 0.1) is 11.3 Å². The summed E-state index contributed by atoms with van der Waals surface area (Å²) in [4.78, 5) is 0. The van der Waals surface area contributed by atoms with E-state index in [-0.39, 0.29) is 0 Å². The molecule has 0 amide bonds. The Kier molecular flexibility index (Phi) is 3.35. The molecule has 0 saturated carbocycles. The summed E-state index contributed by atoms with van der Waals surface area (Å²) >= 11 is 17.8. The van der Waals surface area contributed by atoms with E-state index in [4.69, 9.17) is 40.1 Å². The van der Waals surface area contributed by atoms with Crippen molar-refractivity contribution in [1.29, 1.82) is 5.26 Å². The smallest absolute Gasteiger partial charge is 0.103 e. The molecule has 2 rings (SSSR count). The first-order valence-corrected chi connectivity index (χ1v) is 5.88. The molecule has 17 heavy (non-hydrogen) atoms. The molecule has 0 N–H and O–H groups in total. The maximum absolute atomic E-state index is 9.09. The number of benzene rings is 1. The molecule has 5 heteroatoms. The minimum absolute atomic E-state index is 0.427. The zero-order valence-electron chi connectivity index (χ0n) is 8.84. The van der Waals surface area contributed by atoms with E-state index in [1.807, 2.05) is 7.05 Å². The Balaban J connectivity index is 2.69. The highest BCUT2D eigenvalue weighted by Crippen LogP contribution is 2.33. The fraction of sp³-hybridized carbons (Fsp3) is 0.0833. The number of nitriles is 1. The highest BCUT2D eigenvalue weighted by molar-refractivity contribution is 6.42. The van der Waals surface area contributed by atoms with Crippen molar-refractivity contribution in [2.45, 2.75) is 0 Å². The van der Waals surface area contributed by atoms with Gasteiger partial charge < -0.3 is 4.57 Å². The Morgan fingerprint density at radius 1 is 1.12 bits per heavy atom. The highest BCUT2D eigenvalue weighted by Gasteiger charge is 2.15. The second-order valence-corrected chi connectivity index (χ2v) is 4.77. The second kappa shape index (κ2) is 4.62. The van der Waals surface area contributed by atoms with E-state index in [0.717, 1.165) is 11.3 Å². The quantitative estimate of drug-likeness (QED) is 0.757. The van der Waals surface area contributed by atoms with Gasteiger partial charge in [-0.3, -0.25) is 0 Å². The number of halogens is 3. The van der Waals surface area contributed by atoms with Crippen LogP contribution in [0.4, 0.5) is 0 Å². The third-order valence-electron chi connectivity index (χ3n) is 2.44. The molecule has 2 aromatic rings. The summed E-state index contributed by atoms with van der Waals surface area (Å²) in [7, 11) is 1.82. The summed E-state index contributed by atoms with van der Waals surface area (Å²) in [5, 5.41) is 10.4. The van der Waals surface area contributed by atoms with Gasteiger partial charge in [-0.15, -0.1) is 0 Å². The summed E-state index contributed by atoms with van der Waals surface area (Å²) in [6, 6.07) is 7.31. The Labute approximate surface area is 114 Å². The average molecular weight is 286 g/mol. The predicted octanol–water partition coefficient (Wildman–Crippen LogP) is 4.52. The molecule has 1 aromatic heterocycles. The Morgan fingerprint density at radius 2 is 1.82 bits per heavy atom. The summed E-state index contributed by atoms with van der Waals surface area (Å²) < 4.78 is 1.79. The molecule has 0 aliphatic heterocycles. The lowest BCUT2D eigenvalue weighted by molar-refractivity contribution is 0.936. The Morgan fingerprint density at radius 3 is 2.41 bits per heavy atom. The fourth-order valence-corrected chi connectivity index (χ4v) is 2.26. The van der Waals surface area contributed by atoms with Gasteiger partial charge in [0.1, 0.15) is 6.07 Å². The van der Waals surface area contributed by atoms with E-state index < -0.39 is 0 Å². The van der Waals surface area contributed by atoms with Crippen molar-refractivity contribution in [2.75, 3.05) is 0 Å². The van der Waals surface area contributed by atoms with Crippen LogP contribution in [0.5, 0.6) is 0 Å². The maximum atomic E-state index is 9.09. The molecule has 0 fully saturated rings. The van der Waals surface area contributed by atoms with Crippen LogP contribution in [0.3, 0.4) is 0 Å². The SMILES string of the molecule is Cn1cc(Cl)c(C#N)c1-c1ccc(Cl)c(Cl)c1. The predicted molar refractivity (Wildman–Crippen MR) is 70.6 cm³/mol. The molecule has 0 atom stereocenters. The third-order valence-corrected chi connectivity index (χ3v) is 3.47. The van der Waals surface area contributed by atoms with E-state index in [2.05, 4.69) is 6.07 Å². The van der Waals surface area contributed by atoms with Gasteiger partial charge in [-0.05, 0) is 12.1 Å². The summed E-state index contributed by atoms with van der Waals surface area (Å²) in [5.41, 5.74) is 1.98. The molecule has 0 spiro atoms. The van der Waals surface area contributed by atoms with E-state index in [1.54, 1.807) is 29.0 Å². The van der Waals surface area contributed by atoms with Gasteiger partial charge in [0.2, 0.25) is 0 Å². The monoisotopic (exact) mass is 284 g/mol. The van der Waals surface area contributed by atoms with Gasteiger partial charge in [0, 0.05) is 18.8 Å². The third kappa shape index (κ3) is 2.14. The van der Waals surface area contributed by atoms with E-state index in [1.165, 1.54) is 0 Å². The van der Waals surface area contributed by atoms with Crippen molar-refractivity contribution in [2.24, 2.45) is 7.05 Å². The van der Waals surface area contributed by atoms with Crippen LogP contribution in [-0.4, -0.2) is 4.57 Å². The maximum Gasteiger partial charge on any atom is 0.103 e. The minimum atomic E-state index is 0.427. The zero-order chi connectivity index (χ0) is 12.6. The molecule has 2 nitrogen and oxygen atoms in total. The summed E-state index contributed by atoms with van der Waals surface area (Å²) in [6.07, 6.45) is 1.69. The van der Waals surface area contributed by atoms with Gasteiger partial charge in [0.05, 0.1) is 26.3 Å². The highest BCUT2D eigenvalue weighted by atomic mass is 35.5. The molecule has 0 aliphatic rings. The number of hydrogen-bond acceptors (Lipinski definition) is 1. The molecular formula is C12H7Cl3N2. The molecule has 1 aromatic carbocycles. The lowest BCUT2D eigenvalue weighted by atomic mass is 10.1. The number of aromatic nitrogens is 1. The van der Waals surface area contributed by atoms with Crippen molar-refractivity contribution in [3.05, 3.63) is 45.0 Å². The Bertz CT molecular complexity index is 623. The minimum Gasteiger partial charge on any atom is -0.348 e. The average Bonchev–Trinajstić information content (AvgIpc) is 2.57. The van der Waals surface area contributed by atoms with Crippen molar-refractivity contribution in [1.82, 2.24) is 4.57 Å². The lowest BCUT2D eigenvalue weighted by Crippen LogP contribution is -1.91. The first-order valence-electron chi connectivity index (χ1n) is 4.75. The number of nitrogens with zero attached hydrogens (tertiary/aromatic N) is 2. The molecule has 1 heterocycles. The molecular weight excluding hydrogens is 279 g/mol. The van der Waals surface area contributed by atoms with Gasteiger partial charge in [-0.25, -0.2) is 0 Å². The second-order valence-electron chi connectivity index (χ2n) is 3.55. The molecule has 0 saturated heterocycles. The van der Waals surface area contributed by atoms with Gasteiger partial charge in [-0.1, -0.05) is 40.9 Å². The van der Waals surface area contributed by atoms with Crippen molar-refractivity contribution >= 4 is 34.8 Å². The van der Waals surface area contributed by atoms with Gasteiger partial charge >= 0.3 is 0 Å². The van der Waals surface area contributed by atoms with E-state index >= 15 is 0 Å². The molecule has 86 valence electrons. The van der Waals surface area contributed by atoms with Crippen LogP contribution in [0.25, 0.3) is 11.3 Å². The zero-order valence-corrected chi connectivity index (χ0v) is 11.1. The number of aryl methyl sites for hydroxylation is 1. The van der Waals surface area contributed by atoms with Crippen LogP contribution in [0.2, 0.25) is 15.1 Å². The van der Waals surface area contributed by atoms with Crippen LogP contribution >= 0.6 is 34.8 Å². The van der Waals surface area contributed by atoms with Crippen LogP contribution in [-0.2, 0) is 7.05 Å². The summed E-state index contributed by atoms with van der Waals surface area (Å²) in [6.45, 7) is 0. The standard InChI is InChI=1S/C12H7Cl3N2/c1-17-6-11(15)8(5-16)12(17)7-2-3-9(13)10(14)4-7/h2-4,6H,1H3. The number of rotatable bonds is 1. The van der Waals surface area contributed by atoms with Gasteiger partial charge in [-0.2, -0.15) is 5.26 Å². The Hall–Kier alpha value is -1.14. The topological polar surface area (TPSA) is 28.7 Å². The van der Waals surface area contributed by atoms with E-state index in [9.17, 15) is 0 Å². The van der Waals surface area contributed by atoms with Crippen LogP contribution < -0.4 is 0 Å². The van der Waals surface area contributed by atoms with Crippen LogP contribution in [0.1, 0.15) is 5.56 Å². The fourth-order valence-electron chi connectivity index (χ4n) is 1.69. The normalized spacial score (nSPS) is 10.3. The molecule has 0 radical (unpaired) electrons. The van der Waals surface area contributed by atoms with Crippen molar-refractivity contribution < 1.29 is 0 Å². The summed E-state index contributed by atoms with van der Waals surface area (Å²) in [5.74, 6) is 0. The largest absolute Gasteiger partial charge is 0.348 e. The molecule has 0 unspecified atom stereocenters. The molecule has 0 bridgehead atoms. The van der Waals surface area contributed by atoms with Crippen molar-refractivity contribution in [3.8, 4) is 17.3 Å². The van der Waals surface area contributed by atoms with E-state index in [0.29, 0.717) is 20.6 Å². The first-order chi connectivity index (χ1) is 8.04. The van der Waals surface area contributed by atoms with Gasteiger partial charge in [0.15, 0.2) is 0 Å². The lowest BCUT2D eigenvalue weighted by Gasteiger charge is -2.05. The number of hydrogen-bond donors (Lipinski definition) is 0. The van der Waals surface area contributed by atoms with Crippen LogP contribution in [0.15, 0.2) is 24.4 Å². The van der Waals surface area contributed by atoms with Crippen molar-refractivity contribution in [3.63, 3.8) is 0 Å². The molecule has 0 aliphatic carbocycles. The first kappa shape index (κ1) is 12.3.